The van der Waals surface area contributed by atoms with Crippen molar-refractivity contribution in [2.45, 2.75) is 44.9 Å². The van der Waals surface area contributed by atoms with E-state index in [1.165, 1.54) is 0 Å². The van der Waals surface area contributed by atoms with E-state index in [1.54, 1.807) is 6.07 Å². The van der Waals surface area contributed by atoms with Crippen molar-refractivity contribution >= 4 is 11.8 Å². The topological polar surface area (TPSA) is 68.2 Å². The van der Waals surface area contributed by atoms with Crippen LogP contribution in [0.1, 0.15) is 44.3 Å². The molecule has 1 saturated heterocycles. The fourth-order valence-corrected chi connectivity index (χ4v) is 2.90. The third kappa shape index (κ3) is 3.94. The summed E-state index contributed by atoms with van der Waals surface area (Å²) >= 11 is 0. The molecule has 1 aromatic carbocycles. The van der Waals surface area contributed by atoms with Gasteiger partial charge in [0, 0.05) is 24.9 Å². The molecule has 128 valence electrons. The lowest BCUT2D eigenvalue weighted by atomic mass is 9.99. The van der Waals surface area contributed by atoms with Gasteiger partial charge >= 0.3 is 6.03 Å². The van der Waals surface area contributed by atoms with Gasteiger partial charge < -0.3 is 10.1 Å². The number of ether oxygens (including phenoxy) is 1. The highest BCUT2D eigenvalue weighted by molar-refractivity contribution is 5.88. The van der Waals surface area contributed by atoms with Crippen LogP contribution in [0.15, 0.2) is 42.6 Å². The molecule has 0 unspecified atom stereocenters. The van der Waals surface area contributed by atoms with Gasteiger partial charge in [0.25, 0.3) is 0 Å². The second kappa shape index (κ2) is 7.49. The van der Waals surface area contributed by atoms with Crippen LogP contribution in [0.25, 0.3) is 0 Å². The van der Waals surface area contributed by atoms with Gasteiger partial charge in [0.15, 0.2) is 5.82 Å². The molecular weight excluding hydrogens is 304 g/mol. The number of carbonyl (C=O) groups excluding carboxylic acids is 1. The standard InChI is InChI=1S/C18H24N4O2/c1-13(2)22-11-10-16(21-22)19-18(23)20-17(15-9-6-12-24-15)14-7-4-3-5-8-14/h3-5,7-8,10-11,13,15,17H,6,9,12H2,1-2H3,(H2,19,20,21,23)/t15-,17+/m0/s1. The first-order valence-corrected chi connectivity index (χ1v) is 8.42. The molecule has 1 fully saturated rings. The van der Waals surface area contributed by atoms with E-state index in [2.05, 4.69) is 15.7 Å². The lowest BCUT2D eigenvalue weighted by Crippen LogP contribution is -2.38. The molecule has 0 aliphatic carbocycles. The van der Waals surface area contributed by atoms with Gasteiger partial charge in [-0.1, -0.05) is 30.3 Å². The Bertz CT molecular complexity index is 663. The van der Waals surface area contributed by atoms with Gasteiger partial charge in [-0.25, -0.2) is 4.79 Å². The Morgan fingerprint density at radius 1 is 1.29 bits per heavy atom. The van der Waals surface area contributed by atoms with Gasteiger partial charge in [-0.3, -0.25) is 10.00 Å². The summed E-state index contributed by atoms with van der Waals surface area (Å²) in [5.74, 6) is 0.542. The number of urea groups is 1. The lowest BCUT2D eigenvalue weighted by Gasteiger charge is -2.24. The zero-order valence-electron chi connectivity index (χ0n) is 14.1. The van der Waals surface area contributed by atoms with E-state index < -0.39 is 0 Å². The minimum absolute atomic E-state index is 0.00590. The Hall–Kier alpha value is -2.34. The SMILES string of the molecule is CC(C)n1ccc(NC(=O)N[C@H](c2ccccc2)[C@@H]2CCCO2)n1. The molecule has 1 aliphatic heterocycles. The molecule has 0 bridgehead atoms. The fraction of sp³-hybridized carbons (Fsp3) is 0.444. The van der Waals surface area contributed by atoms with Crippen molar-refractivity contribution in [2.24, 2.45) is 0 Å². The lowest BCUT2D eigenvalue weighted by molar-refractivity contribution is 0.0815. The molecule has 6 heteroatoms. The number of nitrogens with zero attached hydrogens (tertiary/aromatic N) is 2. The monoisotopic (exact) mass is 328 g/mol. The number of nitrogens with one attached hydrogen (secondary N) is 2. The van der Waals surface area contributed by atoms with Crippen molar-refractivity contribution in [3.05, 3.63) is 48.2 Å². The zero-order valence-corrected chi connectivity index (χ0v) is 14.1. The number of anilines is 1. The van der Waals surface area contributed by atoms with E-state index in [1.807, 2.05) is 55.1 Å². The first-order valence-electron chi connectivity index (χ1n) is 8.42. The normalized spacial score (nSPS) is 18.5. The van der Waals surface area contributed by atoms with Gasteiger partial charge in [0.1, 0.15) is 0 Å². The molecule has 2 atom stereocenters. The minimum Gasteiger partial charge on any atom is -0.376 e. The number of hydrogen-bond donors (Lipinski definition) is 2. The number of rotatable bonds is 5. The van der Waals surface area contributed by atoms with Crippen LogP contribution in [0.2, 0.25) is 0 Å². The van der Waals surface area contributed by atoms with Crippen LogP contribution in [-0.2, 0) is 4.74 Å². The largest absolute Gasteiger partial charge is 0.376 e. The molecule has 1 aliphatic rings. The predicted molar refractivity (Wildman–Crippen MR) is 92.9 cm³/mol. The van der Waals surface area contributed by atoms with Gasteiger partial charge in [0.2, 0.25) is 0 Å². The van der Waals surface area contributed by atoms with Crippen LogP contribution in [0, 0.1) is 0 Å². The molecule has 1 aromatic heterocycles. The van der Waals surface area contributed by atoms with E-state index >= 15 is 0 Å². The third-order valence-electron chi connectivity index (χ3n) is 4.16. The highest BCUT2D eigenvalue weighted by Crippen LogP contribution is 2.27. The van der Waals surface area contributed by atoms with Crippen molar-refractivity contribution in [1.82, 2.24) is 15.1 Å². The van der Waals surface area contributed by atoms with Crippen molar-refractivity contribution < 1.29 is 9.53 Å². The van der Waals surface area contributed by atoms with Crippen LogP contribution in [0.5, 0.6) is 0 Å². The quantitative estimate of drug-likeness (QED) is 0.882. The summed E-state index contributed by atoms with van der Waals surface area (Å²) in [4.78, 5) is 12.4. The molecule has 2 N–H and O–H groups in total. The summed E-state index contributed by atoms with van der Waals surface area (Å²) < 4.78 is 7.60. The zero-order chi connectivity index (χ0) is 16.9. The average Bonchev–Trinajstić information content (AvgIpc) is 3.25. The van der Waals surface area contributed by atoms with E-state index in [9.17, 15) is 4.79 Å². The van der Waals surface area contributed by atoms with Gasteiger partial charge in [-0.2, -0.15) is 5.10 Å². The summed E-state index contributed by atoms with van der Waals surface area (Å²) in [7, 11) is 0. The van der Waals surface area contributed by atoms with Crippen molar-refractivity contribution in [3.63, 3.8) is 0 Å². The molecule has 2 heterocycles. The maximum absolute atomic E-state index is 12.4. The number of aromatic nitrogens is 2. The molecule has 2 aromatic rings. The summed E-state index contributed by atoms with van der Waals surface area (Å²) in [5.41, 5.74) is 1.05. The minimum atomic E-state index is -0.270. The summed E-state index contributed by atoms with van der Waals surface area (Å²) in [6, 6.07) is 11.6. The van der Waals surface area contributed by atoms with Crippen molar-refractivity contribution in [2.75, 3.05) is 11.9 Å². The van der Waals surface area contributed by atoms with Crippen LogP contribution in [0.4, 0.5) is 10.6 Å². The molecule has 3 rings (SSSR count). The highest BCUT2D eigenvalue weighted by Gasteiger charge is 2.28. The Balaban J connectivity index is 1.68. The number of amides is 2. The van der Waals surface area contributed by atoms with E-state index in [-0.39, 0.29) is 24.2 Å². The van der Waals surface area contributed by atoms with Crippen LogP contribution in [0.3, 0.4) is 0 Å². The Labute approximate surface area is 142 Å². The first kappa shape index (κ1) is 16.5. The molecule has 0 radical (unpaired) electrons. The maximum Gasteiger partial charge on any atom is 0.321 e. The third-order valence-corrected chi connectivity index (χ3v) is 4.16. The predicted octanol–water partition coefficient (Wildman–Crippen LogP) is 3.51. The second-order valence-electron chi connectivity index (χ2n) is 6.31. The number of hydrogen-bond acceptors (Lipinski definition) is 3. The van der Waals surface area contributed by atoms with E-state index in [4.69, 9.17) is 4.74 Å². The van der Waals surface area contributed by atoms with Gasteiger partial charge in [-0.15, -0.1) is 0 Å². The van der Waals surface area contributed by atoms with Gasteiger partial charge in [0.05, 0.1) is 12.1 Å². The summed E-state index contributed by atoms with van der Waals surface area (Å²) in [5, 5.41) is 10.2. The van der Waals surface area contributed by atoms with Crippen LogP contribution in [-0.4, -0.2) is 28.5 Å². The molecule has 6 nitrogen and oxygen atoms in total. The molecule has 24 heavy (non-hydrogen) atoms. The fourth-order valence-electron chi connectivity index (χ4n) is 2.90. The highest BCUT2D eigenvalue weighted by atomic mass is 16.5. The molecule has 0 spiro atoms. The average molecular weight is 328 g/mol. The summed E-state index contributed by atoms with van der Waals surface area (Å²) in [6.07, 6.45) is 3.83. The smallest absolute Gasteiger partial charge is 0.321 e. The molecule has 0 saturated carbocycles. The Morgan fingerprint density at radius 3 is 2.71 bits per heavy atom. The second-order valence-corrected chi connectivity index (χ2v) is 6.31. The first-order chi connectivity index (χ1) is 11.6. The van der Waals surface area contributed by atoms with E-state index in [0.29, 0.717) is 5.82 Å². The Kier molecular flexibility index (Phi) is 5.15. The van der Waals surface area contributed by atoms with Crippen molar-refractivity contribution in [3.8, 4) is 0 Å². The van der Waals surface area contributed by atoms with Crippen LogP contribution >= 0.6 is 0 Å². The maximum atomic E-state index is 12.4. The summed E-state index contributed by atoms with van der Waals surface area (Å²) in [6.45, 7) is 4.83. The Morgan fingerprint density at radius 2 is 2.08 bits per heavy atom. The van der Waals surface area contributed by atoms with Crippen molar-refractivity contribution in [1.29, 1.82) is 0 Å². The van der Waals surface area contributed by atoms with Gasteiger partial charge in [-0.05, 0) is 32.3 Å². The van der Waals surface area contributed by atoms with Crippen LogP contribution < -0.4 is 10.6 Å². The number of carbonyl (C=O) groups is 1. The molecular formula is C18H24N4O2. The molecule has 2 amide bonds. The number of benzene rings is 1. The van der Waals surface area contributed by atoms with E-state index in [0.717, 1.165) is 25.0 Å².